The Kier molecular flexibility index (Phi) is 5.00. The van der Waals surface area contributed by atoms with Gasteiger partial charge in [-0.05, 0) is 29.8 Å². The highest BCUT2D eigenvalue weighted by molar-refractivity contribution is 7.89. The molecule has 2 aromatic rings. The monoisotopic (exact) mass is 310 g/mol. The summed E-state index contributed by atoms with van der Waals surface area (Å²) in [5.41, 5.74) is 0.561. The van der Waals surface area contributed by atoms with Gasteiger partial charge in [-0.1, -0.05) is 12.1 Å². The van der Waals surface area contributed by atoms with Gasteiger partial charge in [0.15, 0.2) is 0 Å². The van der Waals surface area contributed by atoms with E-state index < -0.39 is 21.9 Å². The summed E-state index contributed by atoms with van der Waals surface area (Å²) < 4.78 is 45.0. The van der Waals surface area contributed by atoms with E-state index in [2.05, 4.69) is 9.71 Å². The van der Waals surface area contributed by atoms with E-state index in [9.17, 15) is 12.8 Å². The van der Waals surface area contributed by atoms with E-state index in [1.165, 1.54) is 43.8 Å². The lowest BCUT2D eigenvalue weighted by Gasteiger charge is -2.16. The minimum Gasteiger partial charge on any atom is -0.375 e. The van der Waals surface area contributed by atoms with Gasteiger partial charge in [-0.2, -0.15) is 0 Å². The molecule has 1 aromatic heterocycles. The standard InChI is InChI=1S/C14H15FN2O3S/c1-20-14(11-4-2-5-12(15)8-11)10-17-21(18,19)13-6-3-7-16-9-13/h2-9,14,17H,10H2,1H3. The Balaban J connectivity index is 2.10. The average molecular weight is 310 g/mol. The van der Waals surface area contributed by atoms with Crippen molar-refractivity contribution in [2.24, 2.45) is 0 Å². The van der Waals surface area contributed by atoms with Crippen LogP contribution >= 0.6 is 0 Å². The molecule has 1 N–H and O–H groups in total. The highest BCUT2D eigenvalue weighted by atomic mass is 32.2. The van der Waals surface area contributed by atoms with E-state index in [4.69, 9.17) is 4.74 Å². The van der Waals surface area contributed by atoms with Crippen molar-refractivity contribution < 1.29 is 17.5 Å². The summed E-state index contributed by atoms with van der Waals surface area (Å²) in [6.45, 7) is -0.00280. The minimum atomic E-state index is -3.67. The maximum absolute atomic E-state index is 13.2. The Morgan fingerprint density at radius 1 is 1.33 bits per heavy atom. The number of hydrogen-bond acceptors (Lipinski definition) is 4. The summed E-state index contributed by atoms with van der Waals surface area (Å²) >= 11 is 0. The molecular formula is C14H15FN2O3S. The Hall–Kier alpha value is -1.83. The number of rotatable bonds is 6. The van der Waals surface area contributed by atoms with Crippen molar-refractivity contribution in [2.75, 3.05) is 13.7 Å². The molecule has 0 saturated heterocycles. The molecule has 0 fully saturated rings. The van der Waals surface area contributed by atoms with E-state index in [0.29, 0.717) is 5.56 Å². The predicted octanol–water partition coefficient (Wildman–Crippen LogP) is 1.89. The number of pyridine rings is 1. The number of aromatic nitrogens is 1. The van der Waals surface area contributed by atoms with E-state index in [-0.39, 0.29) is 11.4 Å². The Bertz CT molecular complexity index is 692. The molecule has 7 heteroatoms. The van der Waals surface area contributed by atoms with Crippen LogP contribution in [-0.2, 0) is 14.8 Å². The zero-order valence-electron chi connectivity index (χ0n) is 11.4. The molecule has 1 atom stereocenters. The van der Waals surface area contributed by atoms with Crippen LogP contribution in [0, 0.1) is 5.82 Å². The largest absolute Gasteiger partial charge is 0.375 e. The Morgan fingerprint density at radius 2 is 2.14 bits per heavy atom. The molecule has 112 valence electrons. The quantitative estimate of drug-likeness (QED) is 0.884. The van der Waals surface area contributed by atoms with E-state index in [1.54, 1.807) is 12.1 Å². The summed E-state index contributed by atoms with van der Waals surface area (Å²) in [4.78, 5) is 3.84. The molecular weight excluding hydrogens is 295 g/mol. The van der Waals surface area contributed by atoms with Crippen molar-refractivity contribution in [3.63, 3.8) is 0 Å². The molecule has 21 heavy (non-hydrogen) atoms. The van der Waals surface area contributed by atoms with Crippen molar-refractivity contribution >= 4 is 10.0 Å². The zero-order chi connectivity index (χ0) is 15.3. The van der Waals surface area contributed by atoms with Crippen LogP contribution in [-0.4, -0.2) is 27.1 Å². The molecule has 0 radical (unpaired) electrons. The van der Waals surface area contributed by atoms with E-state index in [0.717, 1.165) is 0 Å². The highest BCUT2D eigenvalue weighted by Gasteiger charge is 2.18. The first-order valence-electron chi connectivity index (χ1n) is 6.21. The second-order valence-corrected chi connectivity index (χ2v) is 6.09. The lowest BCUT2D eigenvalue weighted by atomic mass is 10.1. The zero-order valence-corrected chi connectivity index (χ0v) is 12.2. The van der Waals surface area contributed by atoms with Crippen molar-refractivity contribution in [1.29, 1.82) is 0 Å². The summed E-state index contributed by atoms with van der Waals surface area (Å²) in [5, 5.41) is 0. The molecule has 0 saturated carbocycles. The summed E-state index contributed by atoms with van der Waals surface area (Å²) in [5.74, 6) is -0.398. The number of nitrogens with zero attached hydrogens (tertiary/aromatic N) is 1. The van der Waals surface area contributed by atoms with E-state index >= 15 is 0 Å². The van der Waals surface area contributed by atoms with Crippen molar-refractivity contribution in [3.05, 3.63) is 60.2 Å². The summed E-state index contributed by atoms with van der Waals surface area (Å²) in [7, 11) is -2.23. The number of ether oxygens (including phenoxy) is 1. The minimum absolute atomic E-state index is 0.00280. The number of nitrogens with one attached hydrogen (secondary N) is 1. The Labute approximate surface area is 122 Å². The molecule has 0 aliphatic rings. The van der Waals surface area contributed by atoms with Gasteiger partial charge >= 0.3 is 0 Å². The van der Waals surface area contributed by atoms with Crippen LogP contribution < -0.4 is 4.72 Å². The van der Waals surface area contributed by atoms with Crippen LogP contribution in [0.5, 0.6) is 0 Å². The molecule has 1 heterocycles. The fourth-order valence-corrected chi connectivity index (χ4v) is 2.81. The number of sulfonamides is 1. The first-order chi connectivity index (χ1) is 10.0. The topological polar surface area (TPSA) is 68.3 Å². The van der Waals surface area contributed by atoms with Crippen LogP contribution in [0.15, 0.2) is 53.7 Å². The molecule has 1 unspecified atom stereocenters. The molecule has 1 aromatic carbocycles. The van der Waals surface area contributed by atoms with Gasteiger partial charge in [0.05, 0.1) is 6.10 Å². The van der Waals surface area contributed by atoms with Crippen molar-refractivity contribution in [2.45, 2.75) is 11.0 Å². The van der Waals surface area contributed by atoms with Crippen LogP contribution in [0.3, 0.4) is 0 Å². The number of benzene rings is 1. The maximum Gasteiger partial charge on any atom is 0.242 e. The van der Waals surface area contributed by atoms with Gasteiger partial charge in [0, 0.05) is 26.0 Å². The normalized spacial score (nSPS) is 13.0. The van der Waals surface area contributed by atoms with Gasteiger partial charge < -0.3 is 4.74 Å². The molecule has 0 aliphatic heterocycles. The Morgan fingerprint density at radius 3 is 2.76 bits per heavy atom. The fourth-order valence-electron chi connectivity index (χ4n) is 1.82. The van der Waals surface area contributed by atoms with Gasteiger partial charge in [0.25, 0.3) is 0 Å². The van der Waals surface area contributed by atoms with Gasteiger partial charge in [-0.3, -0.25) is 4.98 Å². The van der Waals surface area contributed by atoms with Crippen LogP contribution in [0.4, 0.5) is 4.39 Å². The second kappa shape index (κ2) is 6.75. The summed E-state index contributed by atoms with van der Waals surface area (Å²) in [6.07, 6.45) is 2.17. The van der Waals surface area contributed by atoms with Gasteiger partial charge in [0.2, 0.25) is 10.0 Å². The molecule has 0 amide bonds. The second-order valence-electron chi connectivity index (χ2n) is 4.32. The van der Waals surface area contributed by atoms with Crippen molar-refractivity contribution in [1.82, 2.24) is 9.71 Å². The molecule has 0 aliphatic carbocycles. The fraction of sp³-hybridized carbons (Fsp3) is 0.214. The average Bonchev–Trinajstić information content (AvgIpc) is 2.49. The predicted molar refractivity (Wildman–Crippen MR) is 75.6 cm³/mol. The SMILES string of the molecule is COC(CNS(=O)(=O)c1cccnc1)c1cccc(F)c1. The smallest absolute Gasteiger partial charge is 0.242 e. The number of methoxy groups -OCH3 is 1. The first kappa shape index (κ1) is 15.6. The highest BCUT2D eigenvalue weighted by Crippen LogP contribution is 2.17. The van der Waals surface area contributed by atoms with Crippen LogP contribution in [0.1, 0.15) is 11.7 Å². The molecule has 2 rings (SSSR count). The third-order valence-electron chi connectivity index (χ3n) is 2.91. The third kappa shape index (κ3) is 4.07. The summed E-state index contributed by atoms with van der Waals surface area (Å²) in [6, 6.07) is 8.83. The molecule has 0 bridgehead atoms. The third-order valence-corrected chi connectivity index (χ3v) is 4.32. The molecule has 0 spiro atoms. The lowest BCUT2D eigenvalue weighted by Crippen LogP contribution is -2.29. The van der Waals surface area contributed by atoms with Crippen molar-refractivity contribution in [3.8, 4) is 0 Å². The number of halogens is 1. The van der Waals surface area contributed by atoms with Crippen LogP contribution in [0.25, 0.3) is 0 Å². The lowest BCUT2D eigenvalue weighted by molar-refractivity contribution is 0.107. The van der Waals surface area contributed by atoms with Gasteiger partial charge in [0.1, 0.15) is 10.7 Å². The molecule has 5 nitrogen and oxygen atoms in total. The first-order valence-corrected chi connectivity index (χ1v) is 7.69. The van der Waals surface area contributed by atoms with Crippen LogP contribution in [0.2, 0.25) is 0 Å². The van der Waals surface area contributed by atoms with Gasteiger partial charge in [-0.25, -0.2) is 17.5 Å². The number of hydrogen-bond donors (Lipinski definition) is 1. The maximum atomic E-state index is 13.2. The van der Waals surface area contributed by atoms with E-state index in [1.807, 2.05) is 0 Å². The van der Waals surface area contributed by atoms with Gasteiger partial charge in [-0.15, -0.1) is 0 Å².